The molecule has 2 aliphatic rings. The molecule has 2 unspecified atom stereocenters. The summed E-state index contributed by atoms with van der Waals surface area (Å²) >= 11 is 0. The van der Waals surface area contributed by atoms with Gasteiger partial charge in [-0.05, 0) is 58.3 Å². The van der Waals surface area contributed by atoms with Gasteiger partial charge in [0.05, 0.1) is 19.3 Å². The molecule has 2 atom stereocenters. The lowest BCUT2D eigenvalue weighted by Crippen LogP contribution is -2.45. The molecule has 0 radical (unpaired) electrons. The van der Waals surface area contributed by atoms with Crippen LogP contribution < -0.4 is 20.3 Å². The quantitative estimate of drug-likeness (QED) is 0.540. The van der Waals surface area contributed by atoms with Gasteiger partial charge in [0.2, 0.25) is 0 Å². The smallest absolute Gasteiger partial charge is 0.191 e. The highest BCUT2D eigenvalue weighted by atomic mass is 16.5. The zero-order valence-electron chi connectivity index (χ0n) is 17.2. The number of aliphatic imine (C=N–C) groups is 1. The average molecular weight is 374 g/mol. The average Bonchev–Trinajstić information content (AvgIpc) is 3.39. The Balaban J connectivity index is 1.59. The molecule has 2 fully saturated rings. The van der Waals surface area contributed by atoms with E-state index in [9.17, 15) is 0 Å². The van der Waals surface area contributed by atoms with Gasteiger partial charge in [-0.3, -0.25) is 4.99 Å². The molecule has 1 aromatic rings. The van der Waals surface area contributed by atoms with Gasteiger partial charge in [0.1, 0.15) is 5.75 Å². The van der Waals surface area contributed by atoms with Gasteiger partial charge in [-0.25, -0.2) is 0 Å². The molecular weight excluding hydrogens is 338 g/mol. The number of likely N-dealkylation sites (N-methyl/N-ethyl adjacent to an activating group) is 1. The molecule has 6 nitrogen and oxygen atoms in total. The number of hydrogen-bond acceptors (Lipinski definition) is 4. The molecule has 1 aliphatic heterocycles. The van der Waals surface area contributed by atoms with Crippen molar-refractivity contribution in [3.8, 4) is 5.75 Å². The van der Waals surface area contributed by atoms with E-state index in [0.717, 1.165) is 50.2 Å². The number of benzene rings is 1. The molecule has 0 bridgehead atoms. The lowest BCUT2D eigenvalue weighted by Gasteiger charge is -2.24. The monoisotopic (exact) mass is 373 g/mol. The predicted molar refractivity (Wildman–Crippen MR) is 113 cm³/mol. The van der Waals surface area contributed by atoms with Crippen LogP contribution >= 0.6 is 0 Å². The summed E-state index contributed by atoms with van der Waals surface area (Å²) in [6.07, 6.45) is 3.79. The van der Waals surface area contributed by atoms with E-state index in [0.29, 0.717) is 12.1 Å². The zero-order chi connectivity index (χ0) is 19.2. The van der Waals surface area contributed by atoms with Crippen LogP contribution in [0.3, 0.4) is 0 Å². The van der Waals surface area contributed by atoms with Crippen LogP contribution in [0.1, 0.15) is 26.2 Å². The molecule has 0 spiro atoms. The number of nitrogens with one attached hydrogen (secondary N) is 2. The first kappa shape index (κ1) is 19.8. The number of guanidine groups is 1. The highest BCUT2D eigenvalue weighted by Gasteiger charge is 2.32. The second-order valence-electron chi connectivity index (χ2n) is 7.84. The Bertz CT molecular complexity index is 627. The molecule has 1 aliphatic carbocycles. The van der Waals surface area contributed by atoms with E-state index in [4.69, 9.17) is 9.73 Å². The number of anilines is 1. The number of hydrogen-bond donors (Lipinski definition) is 2. The van der Waals surface area contributed by atoms with Crippen molar-refractivity contribution in [2.24, 2.45) is 10.9 Å². The third kappa shape index (κ3) is 5.28. The van der Waals surface area contributed by atoms with Gasteiger partial charge in [0.25, 0.3) is 0 Å². The third-order valence-electron chi connectivity index (χ3n) is 5.57. The van der Waals surface area contributed by atoms with E-state index < -0.39 is 0 Å². The standard InChI is InChI=1S/C21H35N5O/c1-5-22-21(23-14-19(25(2)3)16-10-11-16)24-17-12-13-26(15-17)18-8-6-7-9-20(18)27-4/h6-9,16-17,19H,5,10-15H2,1-4H3,(H2,22,23,24). The maximum atomic E-state index is 5.53. The first-order valence-electron chi connectivity index (χ1n) is 10.2. The molecule has 150 valence electrons. The van der Waals surface area contributed by atoms with E-state index in [1.165, 1.54) is 18.5 Å². The van der Waals surface area contributed by atoms with Gasteiger partial charge in [-0.2, -0.15) is 0 Å². The van der Waals surface area contributed by atoms with Gasteiger partial charge in [-0.15, -0.1) is 0 Å². The summed E-state index contributed by atoms with van der Waals surface area (Å²) in [7, 11) is 6.07. The van der Waals surface area contributed by atoms with Crippen LogP contribution in [0.5, 0.6) is 5.75 Å². The second kappa shape index (κ2) is 9.31. The minimum Gasteiger partial charge on any atom is -0.495 e. The summed E-state index contributed by atoms with van der Waals surface area (Å²) in [5.41, 5.74) is 1.17. The van der Waals surface area contributed by atoms with Crippen LogP contribution in [0.15, 0.2) is 29.3 Å². The molecule has 6 heteroatoms. The van der Waals surface area contributed by atoms with E-state index in [1.54, 1.807) is 7.11 Å². The van der Waals surface area contributed by atoms with Crippen LogP contribution in [0.2, 0.25) is 0 Å². The second-order valence-corrected chi connectivity index (χ2v) is 7.84. The fraction of sp³-hybridized carbons (Fsp3) is 0.667. The van der Waals surface area contributed by atoms with Gasteiger partial charge in [-0.1, -0.05) is 12.1 Å². The van der Waals surface area contributed by atoms with Gasteiger partial charge < -0.3 is 25.2 Å². The Hall–Kier alpha value is -1.95. The Morgan fingerprint density at radius 3 is 2.74 bits per heavy atom. The van der Waals surface area contributed by atoms with Gasteiger partial charge >= 0.3 is 0 Å². The number of rotatable bonds is 8. The molecule has 3 rings (SSSR count). The van der Waals surface area contributed by atoms with Gasteiger partial charge in [0, 0.05) is 31.7 Å². The van der Waals surface area contributed by atoms with Crippen molar-refractivity contribution in [1.82, 2.24) is 15.5 Å². The Labute approximate surface area is 164 Å². The molecule has 0 amide bonds. The van der Waals surface area contributed by atoms with Crippen molar-refractivity contribution in [3.05, 3.63) is 24.3 Å². The third-order valence-corrected chi connectivity index (χ3v) is 5.57. The molecule has 1 saturated carbocycles. The minimum atomic E-state index is 0.395. The normalized spacial score (nSPS) is 21.4. The Morgan fingerprint density at radius 2 is 2.07 bits per heavy atom. The van der Waals surface area contributed by atoms with Crippen molar-refractivity contribution in [2.75, 3.05) is 52.3 Å². The summed E-state index contributed by atoms with van der Waals surface area (Å²) in [6, 6.07) is 9.20. The molecule has 1 heterocycles. The fourth-order valence-electron chi connectivity index (χ4n) is 3.90. The van der Waals surface area contributed by atoms with Crippen molar-refractivity contribution < 1.29 is 4.74 Å². The van der Waals surface area contributed by atoms with Gasteiger partial charge in [0.15, 0.2) is 5.96 Å². The Morgan fingerprint density at radius 1 is 1.30 bits per heavy atom. The predicted octanol–water partition coefficient (Wildman–Crippen LogP) is 2.17. The SMILES string of the molecule is CCNC(=NCC(C1CC1)N(C)C)NC1CCN(c2ccccc2OC)C1. The molecule has 2 N–H and O–H groups in total. The van der Waals surface area contributed by atoms with E-state index in [-0.39, 0.29) is 0 Å². The van der Waals surface area contributed by atoms with Crippen LogP contribution in [-0.4, -0.2) is 70.3 Å². The van der Waals surface area contributed by atoms with E-state index in [2.05, 4.69) is 53.6 Å². The topological polar surface area (TPSA) is 52.1 Å². The largest absolute Gasteiger partial charge is 0.495 e. The number of para-hydroxylation sites is 2. The summed E-state index contributed by atoms with van der Waals surface area (Å²) in [6.45, 7) is 5.85. The molecular formula is C21H35N5O. The molecule has 1 saturated heterocycles. The van der Waals surface area contributed by atoms with Crippen molar-refractivity contribution in [2.45, 2.75) is 38.3 Å². The van der Waals surface area contributed by atoms with Crippen molar-refractivity contribution in [3.63, 3.8) is 0 Å². The number of methoxy groups -OCH3 is 1. The number of ether oxygens (including phenoxy) is 1. The first-order valence-corrected chi connectivity index (χ1v) is 10.2. The van der Waals surface area contributed by atoms with Crippen molar-refractivity contribution in [1.29, 1.82) is 0 Å². The zero-order valence-corrected chi connectivity index (χ0v) is 17.2. The summed E-state index contributed by atoms with van der Waals surface area (Å²) in [5.74, 6) is 2.70. The number of nitrogens with zero attached hydrogens (tertiary/aromatic N) is 3. The highest BCUT2D eigenvalue weighted by Crippen LogP contribution is 2.34. The Kier molecular flexibility index (Phi) is 6.83. The van der Waals surface area contributed by atoms with Crippen LogP contribution in [0, 0.1) is 5.92 Å². The summed E-state index contributed by atoms with van der Waals surface area (Å²) in [5, 5.41) is 7.06. The van der Waals surface area contributed by atoms with Crippen LogP contribution in [0.4, 0.5) is 5.69 Å². The molecule has 1 aromatic carbocycles. The van der Waals surface area contributed by atoms with Crippen molar-refractivity contribution >= 4 is 11.6 Å². The molecule has 27 heavy (non-hydrogen) atoms. The summed E-state index contributed by atoms with van der Waals surface area (Å²) in [4.78, 5) is 9.62. The highest BCUT2D eigenvalue weighted by molar-refractivity contribution is 5.80. The lowest BCUT2D eigenvalue weighted by molar-refractivity contribution is 0.271. The maximum Gasteiger partial charge on any atom is 0.191 e. The van der Waals surface area contributed by atoms with Crippen LogP contribution in [0.25, 0.3) is 0 Å². The summed E-state index contributed by atoms with van der Waals surface area (Å²) < 4.78 is 5.53. The van der Waals surface area contributed by atoms with Crippen LogP contribution in [-0.2, 0) is 0 Å². The minimum absolute atomic E-state index is 0.395. The van der Waals surface area contributed by atoms with E-state index in [1.807, 2.05) is 12.1 Å². The first-order chi connectivity index (χ1) is 13.1. The lowest BCUT2D eigenvalue weighted by atomic mass is 10.2. The maximum absolute atomic E-state index is 5.53. The molecule has 0 aromatic heterocycles. The fourth-order valence-corrected chi connectivity index (χ4v) is 3.90. The van der Waals surface area contributed by atoms with E-state index >= 15 is 0 Å².